The lowest BCUT2D eigenvalue weighted by atomic mass is 10.1. The first-order chi connectivity index (χ1) is 14.7. The van der Waals surface area contributed by atoms with E-state index >= 15 is 0 Å². The van der Waals surface area contributed by atoms with Gasteiger partial charge in [-0.15, -0.1) is 11.8 Å². The normalized spacial score (nSPS) is 12.8. The Morgan fingerprint density at radius 1 is 1.03 bits per heavy atom. The first-order valence-electron chi connectivity index (χ1n) is 10.1. The molecule has 31 heavy (non-hydrogen) atoms. The molecule has 0 unspecified atom stereocenters. The summed E-state index contributed by atoms with van der Waals surface area (Å²) in [6.45, 7) is 6.03. The van der Waals surface area contributed by atoms with Crippen molar-refractivity contribution in [3.05, 3.63) is 68.7 Å². The molecule has 2 rings (SSSR count). The summed E-state index contributed by atoms with van der Waals surface area (Å²) in [6.07, 6.45) is 0.821. The number of hydrogen-bond donors (Lipinski definition) is 1. The molecule has 168 valence electrons. The van der Waals surface area contributed by atoms with Gasteiger partial charge >= 0.3 is 0 Å². The van der Waals surface area contributed by atoms with Crippen molar-refractivity contribution in [2.45, 2.75) is 51.6 Å². The maximum atomic E-state index is 13.1. The zero-order valence-corrected chi connectivity index (χ0v) is 20.9. The summed E-state index contributed by atoms with van der Waals surface area (Å²) in [5.41, 5.74) is 1.82. The van der Waals surface area contributed by atoms with Crippen molar-refractivity contribution in [2.75, 3.05) is 5.75 Å². The summed E-state index contributed by atoms with van der Waals surface area (Å²) in [7, 11) is 0. The molecule has 0 fully saturated rings. The number of halogens is 3. The van der Waals surface area contributed by atoms with E-state index in [0.717, 1.165) is 17.5 Å². The largest absolute Gasteiger partial charge is 0.352 e. The summed E-state index contributed by atoms with van der Waals surface area (Å²) in [5.74, 6) is 0.525. The van der Waals surface area contributed by atoms with Gasteiger partial charge in [-0.05, 0) is 55.7 Å². The maximum absolute atomic E-state index is 13.1. The standard InChI is InChI=1S/C23H27Cl3N2O2S/c1-4-15(2)27-23(30)16(3)28(12-17-5-8-19(24)9-6-17)22(29)14-31-13-18-7-10-20(25)11-21(18)26/h5-11,15-16H,4,12-14H2,1-3H3,(H,27,30)/t15-,16-/m1/s1. The number of nitrogens with zero attached hydrogens (tertiary/aromatic N) is 1. The fraction of sp³-hybridized carbons (Fsp3) is 0.391. The molecule has 2 atom stereocenters. The zero-order valence-electron chi connectivity index (χ0n) is 17.8. The molecular formula is C23H27Cl3N2O2S. The molecule has 4 nitrogen and oxygen atoms in total. The minimum Gasteiger partial charge on any atom is -0.352 e. The summed E-state index contributed by atoms with van der Waals surface area (Å²) in [6, 6.07) is 12.1. The van der Waals surface area contributed by atoms with E-state index in [1.807, 2.05) is 32.0 Å². The van der Waals surface area contributed by atoms with Gasteiger partial charge in [-0.25, -0.2) is 0 Å². The van der Waals surface area contributed by atoms with E-state index in [1.54, 1.807) is 36.1 Å². The van der Waals surface area contributed by atoms with E-state index in [9.17, 15) is 9.59 Å². The second-order valence-corrected chi connectivity index (χ2v) is 9.64. The predicted molar refractivity (Wildman–Crippen MR) is 132 cm³/mol. The molecular weight excluding hydrogens is 475 g/mol. The van der Waals surface area contributed by atoms with Crippen molar-refractivity contribution in [3.8, 4) is 0 Å². The highest BCUT2D eigenvalue weighted by Crippen LogP contribution is 2.25. The molecule has 0 saturated heterocycles. The Morgan fingerprint density at radius 3 is 2.29 bits per heavy atom. The molecule has 0 heterocycles. The van der Waals surface area contributed by atoms with Gasteiger partial charge in [0.05, 0.1) is 5.75 Å². The van der Waals surface area contributed by atoms with E-state index < -0.39 is 6.04 Å². The first kappa shape index (κ1) is 25.9. The highest BCUT2D eigenvalue weighted by Gasteiger charge is 2.26. The number of carbonyl (C=O) groups is 2. The third-order valence-electron chi connectivity index (χ3n) is 4.93. The first-order valence-corrected chi connectivity index (χ1v) is 12.4. The SMILES string of the molecule is CC[C@@H](C)NC(=O)[C@@H](C)N(Cc1ccc(Cl)cc1)C(=O)CSCc1ccc(Cl)cc1Cl. The van der Waals surface area contributed by atoms with Crippen LogP contribution in [0.25, 0.3) is 0 Å². The van der Waals surface area contributed by atoms with Crippen molar-refractivity contribution in [1.82, 2.24) is 10.2 Å². The third kappa shape index (κ3) is 8.23. The van der Waals surface area contributed by atoms with Crippen LogP contribution in [0.3, 0.4) is 0 Å². The van der Waals surface area contributed by atoms with Crippen LogP contribution in [0, 0.1) is 0 Å². The number of hydrogen-bond acceptors (Lipinski definition) is 3. The van der Waals surface area contributed by atoms with E-state index in [1.165, 1.54) is 11.8 Å². The molecule has 0 aromatic heterocycles. The van der Waals surface area contributed by atoms with Crippen LogP contribution in [0.15, 0.2) is 42.5 Å². The summed E-state index contributed by atoms with van der Waals surface area (Å²) in [5, 5.41) is 4.74. The number of benzene rings is 2. The van der Waals surface area contributed by atoms with Gasteiger partial charge in [0, 0.05) is 33.4 Å². The second kappa shape index (κ2) is 12.6. The lowest BCUT2D eigenvalue weighted by molar-refractivity contribution is -0.138. The van der Waals surface area contributed by atoms with Crippen molar-refractivity contribution in [3.63, 3.8) is 0 Å². The molecule has 0 radical (unpaired) electrons. The Kier molecular flexibility index (Phi) is 10.5. The van der Waals surface area contributed by atoms with Gasteiger partial charge in [0.1, 0.15) is 6.04 Å². The molecule has 0 aliphatic rings. The summed E-state index contributed by atoms with van der Waals surface area (Å²) >= 11 is 19.6. The summed E-state index contributed by atoms with van der Waals surface area (Å²) < 4.78 is 0. The van der Waals surface area contributed by atoms with Crippen molar-refractivity contribution in [1.29, 1.82) is 0 Å². The van der Waals surface area contributed by atoms with Crippen LogP contribution in [0.5, 0.6) is 0 Å². The Morgan fingerprint density at radius 2 is 1.68 bits per heavy atom. The fourth-order valence-electron chi connectivity index (χ4n) is 2.80. The molecule has 0 spiro atoms. The average molecular weight is 502 g/mol. The predicted octanol–water partition coefficient (Wildman–Crippen LogP) is 6.21. The Balaban J connectivity index is 2.08. The van der Waals surface area contributed by atoms with Crippen LogP contribution < -0.4 is 5.32 Å². The molecule has 1 N–H and O–H groups in total. The van der Waals surface area contributed by atoms with Crippen LogP contribution >= 0.6 is 46.6 Å². The van der Waals surface area contributed by atoms with E-state index in [4.69, 9.17) is 34.8 Å². The Labute approximate surface area is 203 Å². The van der Waals surface area contributed by atoms with Crippen LogP contribution in [-0.2, 0) is 21.9 Å². The quantitative estimate of drug-likeness (QED) is 0.421. The third-order valence-corrected chi connectivity index (χ3v) is 6.74. The highest BCUT2D eigenvalue weighted by molar-refractivity contribution is 7.99. The second-order valence-electron chi connectivity index (χ2n) is 7.37. The van der Waals surface area contributed by atoms with Crippen LogP contribution in [0.2, 0.25) is 15.1 Å². The van der Waals surface area contributed by atoms with E-state index in [2.05, 4.69) is 5.32 Å². The fourth-order valence-corrected chi connectivity index (χ4v) is 4.40. The van der Waals surface area contributed by atoms with Gasteiger partial charge in [0.2, 0.25) is 11.8 Å². The Hall–Kier alpha value is -1.40. The van der Waals surface area contributed by atoms with E-state index in [-0.39, 0.29) is 23.6 Å². The average Bonchev–Trinajstić information content (AvgIpc) is 2.74. The maximum Gasteiger partial charge on any atom is 0.242 e. The van der Waals surface area contributed by atoms with E-state index in [0.29, 0.717) is 27.4 Å². The lowest BCUT2D eigenvalue weighted by Gasteiger charge is -2.29. The summed E-state index contributed by atoms with van der Waals surface area (Å²) in [4.78, 5) is 27.4. The van der Waals surface area contributed by atoms with Crippen molar-refractivity contribution < 1.29 is 9.59 Å². The minimum atomic E-state index is -0.600. The van der Waals surface area contributed by atoms with Crippen LogP contribution in [0.4, 0.5) is 0 Å². The molecule has 0 saturated carbocycles. The molecule has 2 aromatic carbocycles. The molecule has 8 heteroatoms. The number of nitrogens with one attached hydrogen (secondary N) is 1. The topological polar surface area (TPSA) is 49.4 Å². The van der Waals surface area contributed by atoms with Crippen LogP contribution in [-0.4, -0.2) is 34.6 Å². The van der Waals surface area contributed by atoms with Gasteiger partial charge in [-0.3, -0.25) is 9.59 Å². The highest BCUT2D eigenvalue weighted by atomic mass is 35.5. The van der Waals surface area contributed by atoms with Gasteiger partial charge in [-0.1, -0.05) is 59.9 Å². The van der Waals surface area contributed by atoms with Crippen molar-refractivity contribution >= 4 is 58.4 Å². The molecule has 0 aliphatic heterocycles. The van der Waals surface area contributed by atoms with Gasteiger partial charge in [-0.2, -0.15) is 0 Å². The number of carbonyl (C=O) groups excluding carboxylic acids is 2. The smallest absolute Gasteiger partial charge is 0.242 e. The van der Waals surface area contributed by atoms with Gasteiger partial charge in [0.15, 0.2) is 0 Å². The number of thioether (sulfide) groups is 1. The molecule has 0 aliphatic carbocycles. The monoisotopic (exact) mass is 500 g/mol. The molecule has 2 amide bonds. The minimum absolute atomic E-state index is 0.0452. The number of amides is 2. The number of rotatable bonds is 10. The molecule has 0 bridgehead atoms. The van der Waals surface area contributed by atoms with Crippen molar-refractivity contribution in [2.24, 2.45) is 0 Å². The van der Waals surface area contributed by atoms with Crippen LogP contribution in [0.1, 0.15) is 38.3 Å². The lowest BCUT2D eigenvalue weighted by Crippen LogP contribution is -2.50. The Bertz CT molecular complexity index is 893. The van der Waals surface area contributed by atoms with Gasteiger partial charge < -0.3 is 10.2 Å². The molecule has 2 aromatic rings. The van der Waals surface area contributed by atoms with Gasteiger partial charge in [0.25, 0.3) is 0 Å². The zero-order chi connectivity index (χ0) is 23.0.